The van der Waals surface area contributed by atoms with Crippen LogP contribution in [0.2, 0.25) is 0 Å². The van der Waals surface area contributed by atoms with E-state index >= 15 is 0 Å². The van der Waals surface area contributed by atoms with Gasteiger partial charge in [0.05, 0.1) is 12.6 Å². The Morgan fingerprint density at radius 2 is 2.12 bits per heavy atom. The van der Waals surface area contributed by atoms with E-state index in [1.54, 1.807) is 0 Å². The third kappa shape index (κ3) is 3.21. The highest BCUT2D eigenvalue weighted by Gasteiger charge is 2.20. The van der Waals surface area contributed by atoms with Crippen LogP contribution in [0.25, 0.3) is 0 Å². The zero-order valence-electron chi connectivity index (χ0n) is 10.3. The minimum Gasteiger partial charge on any atom is -0.380 e. The van der Waals surface area contributed by atoms with Crippen molar-refractivity contribution in [2.45, 2.75) is 19.4 Å². The van der Waals surface area contributed by atoms with Gasteiger partial charge in [0.1, 0.15) is 5.82 Å². The second kappa shape index (κ2) is 6.05. The summed E-state index contributed by atoms with van der Waals surface area (Å²) in [5.74, 6) is 0.795. The monoisotopic (exact) mass is 236 g/mol. The van der Waals surface area contributed by atoms with Crippen LogP contribution in [0.1, 0.15) is 23.9 Å². The summed E-state index contributed by atoms with van der Waals surface area (Å²) in [6.07, 6.45) is 4.82. The fraction of sp³-hybridized carbons (Fsp3) is 0.667. The van der Waals surface area contributed by atoms with Crippen molar-refractivity contribution in [2.24, 2.45) is 5.73 Å². The van der Waals surface area contributed by atoms with Crippen LogP contribution in [0.4, 0.5) is 0 Å². The van der Waals surface area contributed by atoms with Gasteiger partial charge < -0.3 is 10.5 Å². The number of nitrogens with zero attached hydrogens (tertiary/aromatic N) is 3. The zero-order valence-corrected chi connectivity index (χ0v) is 10.3. The molecule has 0 unspecified atom stereocenters. The third-order valence-electron chi connectivity index (χ3n) is 3.11. The average molecular weight is 236 g/mol. The molecule has 0 bridgehead atoms. The van der Waals surface area contributed by atoms with E-state index in [2.05, 4.69) is 14.9 Å². The maximum absolute atomic E-state index is 5.89. The Labute approximate surface area is 102 Å². The molecule has 2 rings (SSSR count). The van der Waals surface area contributed by atoms with E-state index in [-0.39, 0.29) is 6.04 Å². The lowest BCUT2D eigenvalue weighted by atomic mass is 10.1. The van der Waals surface area contributed by atoms with Crippen LogP contribution >= 0.6 is 0 Å². The van der Waals surface area contributed by atoms with Crippen LogP contribution in [0.3, 0.4) is 0 Å². The summed E-state index contributed by atoms with van der Waals surface area (Å²) in [6.45, 7) is 6.06. The fourth-order valence-corrected chi connectivity index (χ4v) is 2.15. The van der Waals surface area contributed by atoms with Gasteiger partial charge in [0.25, 0.3) is 0 Å². The van der Waals surface area contributed by atoms with E-state index in [0.717, 1.165) is 44.1 Å². The zero-order chi connectivity index (χ0) is 12.1. The molecule has 1 aliphatic rings. The summed E-state index contributed by atoms with van der Waals surface area (Å²) in [4.78, 5) is 10.8. The number of ether oxygens (including phenoxy) is 1. The van der Waals surface area contributed by atoms with Gasteiger partial charge in [0.2, 0.25) is 0 Å². The number of hydrogen-bond acceptors (Lipinski definition) is 5. The molecule has 1 fully saturated rings. The maximum Gasteiger partial charge on any atom is 0.125 e. The fourth-order valence-electron chi connectivity index (χ4n) is 2.15. The minimum absolute atomic E-state index is 0.206. The van der Waals surface area contributed by atoms with Crippen LogP contribution in [-0.4, -0.2) is 47.7 Å². The largest absolute Gasteiger partial charge is 0.380 e. The number of rotatable bonds is 3. The predicted molar refractivity (Wildman–Crippen MR) is 65.6 cm³/mol. The molecule has 1 aromatic rings. The van der Waals surface area contributed by atoms with Gasteiger partial charge in [-0.2, -0.15) is 0 Å². The lowest BCUT2D eigenvalue weighted by Crippen LogP contribution is -2.35. The van der Waals surface area contributed by atoms with Crippen molar-refractivity contribution in [2.75, 3.05) is 32.8 Å². The summed E-state index contributed by atoms with van der Waals surface area (Å²) < 4.78 is 5.46. The van der Waals surface area contributed by atoms with Crippen molar-refractivity contribution < 1.29 is 4.74 Å². The first-order chi connectivity index (χ1) is 8.31. The minimum atomic E-state index is 0.206. The molecule has 1 aliphatic heterocycles. The van der Waals surface area contributed by atoms with Crippen molar-refractivity contribution in [3.05, 3.63) is 23.8 Å². The molecule has 5 heteroatoms. The first kappa shape index (κ1) is 12.4. The molecule has 2 heterocycles. The molecule has 0 amide bonds. The van der Waals surface area contributed by atoms with E-state index in [1.807, 2.05) is 19.3 Å². The standard InChI is InChI=1S/C12H20N4O/c1-10-14-8-11(9-15-10)12(7-13)16-3-2-5-17-6-4-16/h8-9,12H,2-7,13H2,1H3/t12-/m1/s1. The van der Waals surface area contributed by atoms with Crippen LogP contribution < -0.4 is 5.73 Å². The molecule has 1 aromatic heterocycles. The van der Waals surface area contributed by atoms with Crippen molar-refractivity contribution in [3.8, 4) is 0 Å². The topological polar surface area (TPSA) is 64.3 Å². The highest BCUT2D eigenvalue weighted by Crippen LogP contribution is 2.19. The van der Waals surface area contributed by atoms with E-state index in [4.69, 9.17) is 10.5 Å². The Kier molecular flexibility index (Phi) is 4.42. The van der Waals surface area contributed by atoms with Gasteiger partial charge >= 0.3 is 0 Å². The van der Waals surface area contributed by atoms with Gasteiger partial charge in [-0.1, -0.05) is 0 Å². The van der Waals surface area contributed by atoms with Crippen LogP contribution in [0.5, 0.6) is 0 Å². The Hall–Kier alpha value is -1.04. The molecule has 0 aliphatic carbocycles. The molecular formula is C12H20N4O. The molecule has 1 saturated heterocycles. The molecule has 2 N–H and O–H groups in total. The lowest BCUT2D eigenvalue weighted by molar-refractivity contribution is 0.132. The highest BCUT2D eigenvalue weighted by atomic mass is 16.5. The van der Waals surface area contributed by atoms with Crippen molar-refractivity contribution in [3.63, 3.8) is 0 Å². The lowest BCUT2D eigenvalue weighted by Gasteiger charge is -2.28. The second-order valence-corrected chi connectivity index (χ2v) is 4.32. The highest BCUT2D eigenvalue weighted by molar-refractivity contribution is 5.11. The van der Waals surface area contributed by atoms with Crippen molar-refractivity contribution in [1.82, 2.24) is 14.9 Å². The molecule has 0 spiro atoms. The first-order valence-corrected chi connectivity index (χ1v) is 6.11. The smallest absolute Gasteiger partial charge is 0.125 e. The number of hydrogen-bond donors (Lipinski definition) is 1. The normalized spacial score (nSPS) is 19.9. The molecule has 0 saturated carbocycles. The molecule has 0 aromatic carbocycles. The summed E-state index contributed by atoms with van der Waals surface area (Å²) in [5.41, 5.74) is 6.98. The van der Waals surface area contributed by atoms with E-state index in [9.17, 15) is 0 Å². The predicted octanol–water partition coefficient (Wildman–Crippen LogP) is 0.507. The summed E-state index contributed by atoms with van der Waals surface area (Å²) >= 11 is 0. The summed E-state index contributed by atoms with van der Waals surface area (Å²) in [7, 11) is 0. The number of aromatic nitrogens is 2. The summed E-state index contributed by atoms with van der Waals surface area (Å²) in [6, 6.07) is 0.206. The van der Waals surface area contributed by atoms with Crippen LogP contribution in [0, 0.1) is 6.92 Å². The SMILES string of the molecule is Cc1ncc([C@@H](CN)N2CCCOCC2)cn1. The van der Waals surface area contributed by atoms with Crippen molar-refractivity contribution in [1.29, 1.82) is 0 Å². The number of aryl methyl sites for hydroxylation is 1. The Morgan fingerprint density at radius 1 is 1.35 bits per heavy atom. The van der Waals surface area contributed by atoms with Gasteiger partial charge in [-0.3, -0.25) is 4.90 Å². The Bertz CT molecular complexity index is 333. The average Bonchev–Trinajstić information content (AvgIpc) is 2.62. The van der Waals surface area contributed by atoms with E-state index in [1.165, 1.54) is 0 Å². The Balaban J connectivity index is 2.11. The quantitative estimate of drug-likeness (QED) is 0.828. The number of nitrogens with two attached hydrogens (primary N) is 1. The van der Waals surface area contributed by atoms with Gasteiger partial charge in [-0.15, -0.1) is 0 Å². The van der Waals surface area contributed by atoms with Gasteiger partial charge in [-0.25, -0.2) is 9.97 Å². The second-order valence-electron chi connectivity index (χ2n) is 4.32. The molecular weight excluding hydrogens is 216 g/mol. The molecule has 1 atom stereocenters. The molecule has 94 valence electrons. The maximum atomic E-state index is 5.89. The molecule has 5 nitrogen and oxygen atoms in total. The third-order valence-corrected chi connectivity index (χ3v) is 3.11. The first-order valence-electron chi connectivity index (χ1n) is 6.11. The van der Waals surface area contributed by atoms with Crippen LogP contribution in [0.15, 0.2) is 12.4 Å². The van der Waals surface area contributed by atoms with Gasteiger partial charge in [0, 0.05) is 44.2 Å². The Morgan fingerprint density at radius 3 is 2.82 bits per heavy atom. The van der Waals surface area contributed by atoms with Crippen LogP contribution in [-0.2, 0) is 4.74 Å². The molecule has 0 radical (unpaired) electrons. The summed E-state index contributed by atoms with van der Waals surface area (Å²) in [5, 5.41) is 0. The van der Waals surface area contributed by atoms with Gasteiger partial charge in [-0.05, 0) is 13.3 Å². The van der Waals surface area contributed by atoms with E-state index in [0.29, 0.717) is 6.54 Å². The van der Waals surface area contributed by atoms with E-state index < -0.39 is 0 Å². The van der Waals surface area contributed by atoms with Crippen molar-refractivity contribution >= 4 is 0 Å². The van der Waals surface area contributed by atoms with Gasteiger partial charge in [0.15, 0.2) is 0 Å². The molecule has 17 heavy (non-hydrogen) atoms.